The number of nitriles is 1. The predicted octanol–water partition coefficient (Wildman–Crippen LogP) is 2.58. The van der Waals surface area contributed by atoms with Crippen molar-refractivity contribution in [3.8, 4) is 6.07 Å². The maximum absolute atomic E-state index is 10.9. The van der Waals surface area contributed by atoms with Crippen molar-refractivity contribution in [2.24, 2.45) is 5.92 Å². The number of hydrogen-bond donors (Lipinski definition) is 1. The normalized spacial score (nSPS) is 16.1. The summed E-state index contributed by atoms with van der Waals surface area (Å²) in [7, 11) is 0. The molecule has 1 aliphatic rings. The Morgan fingerprint density at radius 1 is 1.47 bits per heavy atom. The molecule has 0 amide bonds. The minimum Gasteiger partial charge on any atom is -0.481 e. The molecule has 19 heavy (non-hydrogen) atoms. The van der Waals surface area contributed by atoms with Crippen LogP contribution in [-0.4, -0.2) is 30.4 Å². The first-order chi connectivity index (χ1) is 9.17. The van der Waals surface area contributed by atoms with Gasteiger partial charge in [-0.2, -0.15) is 5.26 Å². The molecule has 1 heterocycles. The molecule has 0 spiro atoms. The van der Waals surface area contributed by atoms with Gasteiger partial charge in [0.1, 0.15) is 6.07 Å². The largest absolute Gasteiger partial charge is 0.481 e. The van der Waals surface area contributed by atoms with Gasteiger partial charge in [-0.3, -0.25) is 4.79 Å². The number of hydrogen-bond acceptors (Lipinski definition) is 4. The van der Waals surface area contributed by atoms with Crippen LogP contribution in [0.15, 0.2) is 23.1 Å². The summed E-state index contributed by atoms with van der Waals surface area (Å²) in [6.45, 7) is 1.40. The number of nitrogens with zero attached hydrogens (tertiary/aromatic N) is 2. The third-order valence-electron chi connectivity index (χ3n) is 3.52. The van der Waals surface area contributed by atoms with E-state index in [1.54, 1.807) is 11.8 Å². The molecule has 0 radical (unpaired) electrons. The maximum Gasteiger partial charge on any atom is 0.306 e. The number of thioether (sulfide) groups is 1. The topological polar surface area (TPSA) is 64.3 Å². The van der Waals surface area contributed by atoms with Gasteiger partial charge in [0, 0.05) is 18.0 Å². The van der Waals surface area contributed by atoms with Crippen LogP contribution in [0.1, 0.15) is 18.4 Å². The van der Waals surface area contributed by atoms with Gasteiger partial charge < -0.3 is 10.0 Å². The van der Waals surface area contributed by atoms with Crippen molar-refractivity contribution in [1.82, 2.24) is 0 Å². The van der Waals surface area contributed by atoms with Crippen molar-refractivity contribution < 1.29 is 9.90 Å². The van der Waals surface area contributed by atoms with Gasteiger partial charge >= 0.3 is 5.97 Å². The zero-order valence-electron chi connectivity index (χ0n) is 10.8. The smallest absolute Gasteiger partial charge is 0.306 e. The highest BCUT2D eigenvalue weighted by molar-refractivity contribution is 7.98. The van der Waals surface area contributed by atoms with Crippen molar-refractivity contribution >= 4 is 23.4 Å². The average Bonchev–Trinajstić information content (AvgIpc) is 2.46. The Bertz CT molecular complexity index is 517. The minimum atomic E-state index is -0.710. The number of carboxylic acids is 1. The van der Waals surface area contributed by atoms with E-state index in [4.69, 9.17) is 5.11 Å². The zero-order valence-corrected chi connectivity index (χ0v) is 11.6. The number of benzene rings is 1. The lowest BCUT2D eigenvalue weighted by Gasteiger charge is -2.32. The first-order valence-electron chi connectivity index (χ1n) is 6.22. The van der Waals surface area contributed by atoms with Gasteiger partial charge in [0.15, 0.2) is 0 Å². The summed E-state index contributed by atoms with van der Waals surface area (Å²) < 4.78 is 0. The first-order valence-corrected chi connectivity index (χ1v) is 7.44. The van der Waals surface area contributed by atoms with Crippen molar-refractivity contribution in [3.05, 3.63) is 23.8 Å². The molecule has 2 rings (SSSR count). The molecule has 0 bridgehead atoms. The molecule has 0 aliphatic carbocycles. The summed E-state index contributed by atoms with van der Waals surface area (Å²) in [4.78, 5) is 14.0. The highest BCUT2D eigenvalue weighted by Crippen LogP contribution is 2.31. The summed E-state index contributed by atoms with van der Waals surface area (Å²) in [6.07, 6.45) is 3.24. The van der Waals surface area contributed by atoms with E-state index >= 15 is 0 Å². The summed E-state index contributed by atoms with van der Waals surface area (Å²) in [5.74, 6) is -0.955. The Hall–Kier alpha value is -1.67. The van der Waals surface area contributed by atoms with Crippen molar-refractivity contribution in [3.63, 3.8) is 0 Å². The summed E-state index contributed by atoms with van der Waals surface area (Å²) in [5, 5.41) is 18.3. The fraction of sp³-hybridized carbons (Fsp3) is 0.429. The molecule has 1 aliphatic heterocycles. The second kappa shape index (κ2) is 5.98. The third-order valence-corrected chi connectivity index (χ3v) is 4.30. The molecule has 0 unspecified atom stereocenters. The average molecular weight is 276 g/mol. The molecular weight excluding hydrogens is 260 g/mol. The highest BCUT2D eigenvalue weighted by atomic mass is 32.2. The molecule has 5 heteroatoms. The molecule has 1 saturated heterocycles. The van der Waals surface area contributed by atoms with Gasteiger partial charge in [-0.25, -0.2) is 0 Å². The SMILES string of the molecule is CSc1cccc(N2CCC(C(=O)O)CC2)c1C#N. The zero-order chi connectivity index (χ0) is 13.8. The van der Waals surface area contributed by atoms with Crippen LogP contribution >= 0.6 is 11.8 Å². The number of rotatable bonds is 3. The van der Waals surface area contributed by atoms with E-state index in [0.29, 0.717) is 31.5 Å². The van der Waals surface area contributed by atoms with Crippen molar-refractivity contribution in [1.29, 1.82) is 5.26 Å². The van der Waals surface area contributed by atoms with E-state index in [0.717, 1.165) is 10.6 Å². The number of carboxylic acid groups (broad SMARTS) is 1. The van der Waals surface area contributed by atoms with Crippen LogP contribution in [0.5, 0.6) is 0 Å². The van der Waals surface area contributed by atoms with Crippen LogP contribution in [0.4, 0.5) is 5.69 Å². The molecule has 4 nitrogen and oxygen atoms in total. The number of piperidine rings is 1. The molecule has 100 valence electrons. The molecule has 1 aromatic carbocycles. The molecule has 1 fully saturated rings. The van der Waals surface area contributed by atoms with E-state index in [1.165, 1.54) is 0 Å². The molecule has 0 saturated carbocycles. The third kappa shape index (κ3) is 2.85. The van der Waals surface area contributed by atoms with Gasteiger partial charge in [-0.15, -0.1) is 11.8 Å². The summed E-state index contributed by atoms with van der Waals surface area (Å²) in [5.41, 5.74) is 1.63. The van der Waals surface area contributed by atoms with Gasteiger partial charge in [0.2, 0.25) is 0 Å². The molecule has 1 aromatic rings. The summed E-state index contributed by atoms with van der Waals surface area (Å²) >= 11 is 1.56. The minimum absolute atomic E-state index is 0.245. The Morgan fingerprint density at radius 2 is 2.16 bits per heavy atom. The molecule has 1 N–H and O–H groups in total. The first kappa shape index (κ1) is 13.8. The number of carbonyl (C=O) groups is 1. The molecule has 0 aromatic heterocycles. The number of aliphatic carboxylic acids is 1. The Morgan fingerprint density at radius 3 is 2.68 bits per heavy atom. The van der Waals surface area contributed by atoms with Crippen LogP contribution in [-0.2, 0) is 4.79 Å². The van der Waals surface area contributed by atoms with Gasteiger partial charge in [-0.1, -0.05) is 6.07 Å². The Labute approximate surface area is 117 Å². The number of anilines is 1. The van der Waals surface area contributed by atoms with Crippen LogP contribution in [0, 0.1) is 17.2 Å². The van der Waals surface area contributed by atoms with E-state index in [2.05, 4.69) is 11.0 Å². The van der Waals surface area contributed by atoms with Crippen LogP contribution in [0.3, 0.4) is 0 Å². The fourth-order valence-electron chi connectivity index (χ4n) is 2.43. The van der Waals surface area contributed by atoms with E-state index in [9.17, 15) is 10.1 Å². The van der Waals surface area contributed by atoms with Crippen LogP contribution in [0.2, 0.25) is 0 Å². The second-order valence-electron chi connectivity index (χ2n) is 4.57. The van der Waals surface area contributed by atoms with Gasteiger partial charge in [0.25, 0.3) is 0 Å². The van der Waals surface area contributed by atoms with E-state index in [1.807, 2.05) is 24.5 Å². The lowest BCUT2D eigenvalue weighted by molar-refractivity contribution is -0.142. The quantitative estimate of drug-likeness (QED) is 0.860. The lowest BCUT2D eigenvalue weighted by Crippen LogP contribution is -2.36. The lowest BCUT2D eigenvalue weighted by atomic mass is 9.96. The molecule has 0 atom stereocenters. The predicted molar refractivity (Wildman–Crippen MR) is 75.5 cm³/mol. The van der Waals surface area contributed by atoms with Crippen LogP contribution in [0.25, 0.3) is 0 Å². The standard InChI is InChI=1S/C14H16N2O2S/c1-19-13-4-2-3-12(11(13)9-15)16-7-5-10(6-8-16)14(17)18/h2-4,10H,5-8H2,1H3,(H,17,18). The summed E-state index contributed by atoms with van der Waals surface area (Å²) in [6, 6.07) is 8.10. The van der Waals surface area contributed by atoms with Gasteiger partial charge in [-0.05, 0) is 31.2 Å². The van der Waals surface area contributed by atoms with Crippen molar-refractivity contribution in [2.45, 2.75) is 17.7 Å². The highest BCUT2D eigenvalue weighted by Gasteiger charge is 2.26. The molecular formula is C14H16N2O2S. The van der Waals surface area contributed by atoms with E-state index < -0.39 is 5.97 Å². The monoisotopic (exact) mass is 276 g/mol. The maximum atomic E-state index is 10.9. The Balaban J connectivity index is 2.20. The van der Waals surface area contributed by atoms with E-state index in [-0.39, 0.29) is 5.92 Å². The van der Waals surface area contributed by atoms with Crippen molar-refractivity contribution in [2.75, 3.05) is 24.2 Å². The Kier molecular flexibility index (Phi) is 4.33. The fourth-order valence-corrected chi connectivity index (χ4v) is 3.00. The van der Waals surface area contributed by atoms with Gasteiger partial charge in [0.05, 0.1) is 17.2 Å². The van der Waals surface area contributed by atoms with Crippen LogP contribution < -0.4 is 4.90 Å². The second-order valence-corrected chi connectivity index (χ2v) is 5.41.